The average Bonchev–Trinajstić information content (AvgIpc) is 3.22. The highest BCUT2D eigenvalue weighted by molar-refractivity contribution is 6.32. The van der Waals surface area contributed by atoms with Crippen molar-refractivity contribution in [1.82, 2.24) is 14.7 Å². The van der Waals surface area contributed by atoms with Crippen LogP contribution in [-0.4, -0.2) is 39.6 Å². The van der Waals surface area contributed by atoms with E-state index in [0.717, 1.165) is 44.2 Å². The zero-order valence-electron chi connectivity index (χ0n) is 22.2. The summed E-state index contributed by atoms with van der Waals surface area (Å²) in [4.78, 5) is 27.8. The largest absolute Gasteiger partial charge is 0.333 e. The van der Waals surface area contributed by atoms with E-state index in [9.17, 15) is 9.59 Å². The van der Waals surface area contributed by atoms with Gasteiger partial charge in [-0.1, -0.05) is 96.9 Å². The minimum Gasteiger partial charge on any atom is -0.333 e. The first-order chi connectivity index (χ1) is 16.7. The predicted molar refractivity (Wildman–Crippen MR) is 145 cm³/mol. The van der Waals surface area contributed by atoms with E-state index in [2.05, 4.69) is 39.9 Å². The third-order valence-corrected chi connectivity index (χ3v) is 6.36. The van der Waals surface area contributed by atoms with E-state index in [-0.39, 0.29) is 23.8 Å². The van der Waals surface area contributed by atoms with Crippen LogP contribution in [0, 0.1) is 0 Å². The van der Waals surface area contributed by atoms with Crippen molar-refractivity contribution in [3.05, 3.63) is 41.0 Å². The second kappa shape index (κ2) is 14.3. The molecular formula is C28H43ClN4O2. The normalized spacial score (nSPS) is 11.5. The summed E-state index contributed by atoms with van der Waals surface area (Å²) in [6, 6.07) is 9.31. The van der Waals surface area contributed by atoms with E-state index < -0.39 is 0 Å². The highest BCUT2D eigenvalue weighted by atomic mass is 35.5. The van der Waals surface area contributed by atoms with Crippen LogP contribution in [0.2, 0.25) is 5.02 Å². The lowest BCUT2D eigenvalue weighted by Crippen LogP contribution is -2.38. The fraction of sp³-hybridized carbons (Fsp3) is 0.607. The highest BCUT2D eigenvalue weighted by Crippen LogP contribution is 2.29. The van der Waals surface area contributed by atoms with Gasteiger partial charge < -0.3 is 10.2 Å². The van der Waals surface area contributed by atoms with Gasteiger partial charge in [0.25, 0.3) is 0 Å². The summed E-state index contributed by atoms with van der Waals surface area (Å²) in [5, 5.41) is 8.29. The monoisotopic (exact) mass is 502 g/mol. The number of carbonyl (C=O) groups is 2. The van der Waals surface area contributed by atoms with Crippen LogP contribution in [0.4, 0.5) is 5.82 Å². The van der Waals surface area contributed by atoms with E-state index >= 15 is 0 Å². The Morgan fingerprint density at radius 2 is 1.66 bits per heavy atom. The van der Waals surface area contributed by atoms with Gasteiger partial charge in [-0.2, -0.15) is 5.10 Å². The molecule has 0 aliphatic heterocycles. The lowest BCUT2D eigenvalue weighted by molar-refractivity contribution is -0.134. The van der Waals surface area contributed by atoms with Gasteiger partial charge in [0.2, 0.25) is 11.8 Å². The lowest BCUT2D eigenvalue weighted by atomic mass is 9.92. The third-order valence-electron chi connectivity index (χ3n) is 6.04. The van der Waals surface area contributed by atoms with E-state index in [1.807, 2.05) is 24.3 Å². The minimum atomic E-state index is -0.227. The van der Waals surface area contributed by atoms with E-state index in [0.29, 0.717) is 29.5 Å². The van der Waals surface area contributed by atoms with Crippen molar-refractivity contribution in [3.63, 3.8) is 0 Å². The van der Waals surface area contributed by atoms with Gasteiger partial charge in [0.05, 0.1) is 22.9 Å². The summed E-state index contributed by atoms with van der Waals surface area (Å²) in [6.45, 7) is 11.2. The third kappa shape index (κ3) is 9.32. The second-order valence-electron chi connectivity index (χ2n) is 10.3. The summed E-state index contributed by atoms with van der Waals surface area (Å²) < 4.78 is 1.68. The standard InChI is InChI=1S/C28H43ClN4O2/c1-6-8-10-11-12-18-27(35)32(19-15-9-7-2)21-26(34)30-25-20-24(28(3,4)5)31-33(25)23-17-14-13-16-22(23)29/h13-14,16-17,20H,6-12,15,18-19,21H2,1-5H3,(H,30,34). The number of amides is 2. The molecule has 0 saturated carbocycles. The fourth-order valence-corrected chi connectivity index (χ4v) is 4.10. The van der Waals surface area contributed by atoms with Crippen LogP contribution in [0.5, 0.6) is 0 Å². The number of carbonyl (C=O) groups excluding carboxylic acids is 2. The van der Waals surface area contributed by atoms with Gasteiger partial charge in [0, 0.05) is 24.4 Å². The summed E-state index contributed by atoms with van der Waals surface area (Å²) in [6.07, 6.45) is 8.97. The molecule has 194 valence electrons. The Labute approximate surface area is 216 Å². The van der Waals surface area contributed by atoms with E-state index in [1.165, 1.54) is 12.8 Å². The molecule has 0 unspecified atom stereocenters. The highest BCUT2D eigenvalue weighted by Gasteiger charge is 2.23. The van der Waals surface area contributed by atoms with Crippen molar-refractivity contribution in [1.29, 1.82) is 0 Å². The van der Waals surface area contributed by atoms with Crippen molar-refractivity contribution in [2.45, 2.75) is 97.8 Å². The molecule has 0 bridgehead atoms. The molecule has 35 heavy (non-hydrogen) atoms. The van der Waals surface area contributed by atoms with Crippen molar-refractivity contribution < 1.29 is 9.59 Å². The zero-order chi connectivity index (χ0) is 25.8. The van der Waals surface area contributed by atoms with Crippen molar-refractivity contribution in [3.8, 4) is 5.69 Å². The molecular weight excluding hydrogens is 460 g/mol. The van der Waals surface area contributed by atoms with Gasteiger partial charge in [0.1, 0.15) is 5.82 Å². The summed E-state index contributed by atoms with van der Waals surface area (Å²) >= 11 is 6.44. The molecule has 1 N–H and O–H groups in total. The molecule has 1 aromatic heterocycles. The van der Waals surface area contributed by atoms with Gasteiger partial charge in [-0.3, -0.25) is 9.59 Å². The van der Waals surface area contributed by atoms with Gasteiger partial charge >= 0.3 is 0 Å². The van der Waals surface area contributed by atoms with Gasteiger partial charge in [-0.15, -0.1) is 0 Å². The van der Waals surface area contributed by atoms with E-state index in [1.54, 1.807) is 15.6 Å². The number of unbranched alkanes of at least 4 members (excludes halogenated alkanes) is 6. The Morgan fingerprint density at radius 1 is 1.00 bits per heavy atom. The first kappa shape index (κ1) is 28.9. The fourth-order valence-electron chi connectivity index (χ4n) is 3.88. The van der Waals surface area contributed by atoms with Crippen LogP contribution < -0.4 is 5.32 Å². The molecule has 1 aromatic carbocycles. The first-order valence-electron chi connectivity index (χ1n) is 13.1. The molecule has 6 nitrogen and oxygen atoms in total. The number of anilines is 1. The van der Waals surface area contributed by atoms with Gasteiger partial charge in [0.15, 0.2) is 0 Å². The predicted octanol–water partition coefficient (Wildman–Crippen LogP) is 7.14. The molecule has 0 spiro atoms. The molecule has 0 aliphatic rings. The Kier molecular flexibility index (Phi) is 11.8. The van der Waals surface area contributed by atoms with Crippen LogP contribution >= 0.6 is 11.6 Å². The molecule has 0 fully saturated rings. The number of hydrogen-bond acceptors (Lipinski definition) is 3. The molecule has 1 heterocycles. The van der Waals surface area contributed by atoms with Gasteiger partial charge in [-0.05, 0) is 25.0 Å². The summed E-state index contributed by atoms with van der Waals surface area (Å²) in [7, 11) is 0. The number of nitrogens with zero attached hydrogens (tertiary/aromatic N) is 3. The summed E-state index contributed by atoms with van der Waals surface area (Å²) in [5.41, 5.74) is 1.34. The molecule has 0 saturated heterocycles. The maximum Gasteiger partial charge on any atom is 0.245 e. The number of halogens is 1. The van der Waals surface area contributed by atoms with E-state index in [4.69, 9.17) is 16.7 Å². The molecule has 0 radical (unpaired) electrons. The van der Waals surface area contributed by atoms with Crippen LogP contribution in [0.15, 0.2) is 30.3 Å². The minimum absolute atomic E-state index is 0.0378. The smallest absolute Gasteiger partial charge is 0.245 e. The molecule has 0 aliphatic carbocycles. The summed E-state index contributed by atoms with van der Waals surface area (Å²) in [5.74, 6) is 0.380. The molecule has 2 aromatic rings. The zero-order valence-corrected chi connectivity index (χ0v) is 23.0. The number of para-hydroxylation sites is 1. The van der Waals surface area contributed by atoms with Gasteiger partial charge in [-0.25, -0.2) is 4.68 Å². The maximum atomic E-state index is 13.1. The van der Waals surface area contributed by atoms with Crippen LogP contribution in [0.3, 0.4) is 0 Å². The average molecular weight is 503 g/mol. The molecule has 7 heteroatoms. The van der Waals surface area contributed by atoms with Crippen LogP contribution in [-0.2, 0) is 15.0 Å². The van der Waals surface area contributed by atoms with Crippen LogP contribution in [0.1, 0.15) is 98.1 Å². The lowest BCUT2D eigenvalue weighted by Gasteiger charge is -2.22. The molecule has 0 atom stereocenters. The Bertz CT molecular complexity index is 949. The first-order valence-corrected chi connectivity index (χ1v) is 13.5. The number of nitrogens with one attached hydrogen (secondary N) is 1. The number of benzene rings is 1. The Balaban J connectivity index is 2.16. The molecule has 2 rings (SSSR count). The Morgan fingerprint density at radius 3 is 2.31 bits per heavy atom. The van der Waals surface area contributed by atoms with Crippen molar-refractivity contribution in [2.75, 3.05) is 18.4 Å². The van der Waals surface area contributed by atoms with Crippen molar-refractivity contribution in [2.24, 2.45) is 0 Å². The maximum absolute atomic E-state index is 13.1. The number of aromatic nitrogens is 2. The quantitative estimate of drug-likeness (QED) is 0.279. The molecule has 2 amide bonds. The van der Waals surface area contributed by atoms with Crippen LogP contribution in [0.25, 0.3) is 5.69 Å². The Hall–Kier alpha value is -2.34. The number of hydrogen-bond donors (Lipinski definition) is 1. The number of rotatable bonds is 14. The SMILES string of the molecule is CCCCCCCC(=O)N(CCCCC)CC(=O)Nc1cc(C(C)(C)C)nn1-c1ccccc1Cl. The topological polar surface area (TPSA) is 67.2 Å². The second-order valence-corrected chi connectivity index (χ2v) is 10.7. The van der Waals surface area contributed by atoms with Crippen molar-refractivity contribution >= 4 is 29.2 Å².